The summed E-state index contributed by atoms with van der Waals surface area (Å²) in [6, 6.07) is 10.2. The second kappa shape index (κ2) is 8.79. The summed E-state index contributed by atoms with van der Waals surface area (Å²) in [7, 11) is 0. The van der Waals surface area contributed by atoms with Crippen molar-refractivity contribution in [3.05, 3.63) is 54.2 Å². The summed E-state index contributed by atoms with van der Waals surface area (Å²) in [5.74, 6) is 0.948. The first-order chi connectivity index (χ1) is 14.5. The van der Waals surface area contributed by atoms with E-state index in [1.165, 1.54) is 12.1 Å². The number of urea groups is 1. The topological polar surface area (TPSA) is 66.3 Å². The summed E-state index contributed by atoms with van der Waals surface area (Å²) < 4.78 is 15.8. The number of nitrogens with one attached hydrogen (secondary N) is 1. The van der Waals surface area contributed by atoms with Gasteiger partial charge in [-0.25, -0.2) is 19.2 Å². The van der Waals surface area contributed by atoms with Crippen LogP contribution in [0.15, 0.2) is 42.6 Å². The van der Waals surface area contributed by atoms with Crippen molar-refractivity contribution in [1.29, 1.82) is 0 Å². The quantitative estimate of drug-likeness (QED) is 0.702. The van der Waals surface area contributed by atoms with Crippen molar-refractivity contribution in [2.24, 2.45) is 5.92 Å². The fraction of sp³-hybridized carbons (Fsp3) is 0.409. The predicted octanol–water partition coefficient (Wildman–Crippen LogP) is 3.04. The van der Waals surface area contributed by atoms with Crippen molar-refractivity contribution in [3.63, 3.8) is 0 Å². The van der Waals surface area contributed by atoms with Gasteiger partial charge in [0.25, 0.3) is 0 Å². The number of amides is 2. The minimum atomic E-state index is -0.294. The highest BCUT2D eigenvalue weighted by Gasteiger charge is 2.23. The minimum absolute atomic E-state index is 0.000417. The Morgan fingerprint density at radius 3 is 2.70 bits per heavy atom. The molecule has 7 nitrogen and oxygen atoms in total. The number of hydrogen-bond acceptors (Lipinski definition) is 4. The molecule has 0 unspecified atom stereocenters. The van der Waals surface area contributed by atoms with Crippen LogP contribution in [-0.2, 0) is 6.54 Å². The third kappa shape index (κ3) is 4.43. The summed E-state index contributed by atoms with van der Waals surface area (Å²) in [4.78, 5) is 25.6. The second-order valence-electron chi connectivity index (χ2n) is 8.03. The summed E-state index contributed by atoms with van der Waals surface area (Å²) in [5.41, 5.74) is 2.20. The molecular weight excluding hydrogens is 383 g/mol. The Bertz CT molecular complexity index is 1030. The van der Waals surface area contributed by atoms with Gasteiger partial charge in [0.15, 0.2) is 5.65 Å². The standard InChI is InChI=1S/C22H27FN6O/c1-16(2)14-25-22(30)28-11-9-27(10-12-28)15-20-26-19-7-4-8-24-21(19)29(20)18-6-3-5-17(23)13-18/h3-8,13,16H,9-12,14-15H2,1-2H3,(H,25,30). The van der Waals surface area contributed by atoms with E-state index in [4.69, 9.17) is 4.98 Å². The Morgan fingerprint density at radius 2 is 1.97 bits per heavy atom. The summed E-state index contributed by atoms with van der Waals surface area (Å²) in [5, 5.41) is 2.98. The fourth-order valence-electron chi connectivity index (χ4n) is 3.66. The van der Waals surface area contributed by atoms with Gasteiger partial charge in [0, 0.05) is 38.9 Å². The molecule has 1 fully saturated rings. The van der Waals surface area contributed by atoms with E-state index in [9.17, 15) is 9.18 Å². The molecular formula is C22H27FN6O. The fourth-order valence-corrected chi connectivity index (χ4v) is 3.66. The number of aromatic nitrogens is 3. The van der Waals surface area contributed by atoms with Crippen LogP contribution in [0.4, 0.5) is 9.18 Å². The van der Waals surface area contributed by atoms with Gasteiger partial charge in [-0.15, -0.1) is 0 Å². The van der Waals surface area contributed by atoms with E-state index >= 15 is 0 Å². The Labute approximate surface area is 175 Å². The van der Waals surface area contributed by atoms with Crippen LogP contribution in [0.1, 0.15) is 19.7 Å². The van der Waals surface area contributed by atoms with Crippen LogP contribution in [0.2, 0.25) is 0 Å². The molecule has 0 saturated carbocycles. The molecule has 2 aromatic heterocycles. The lowest BCUT2D eigenvalue weighted by Crippen LogP contribution is -2.52. The molecule has 0 atom stereocenters. The highest BCUT2D eigenvalue weighted by atomic mass is 19.1. The number of imidazole rings is 1. The van der Waals surface area contributed by atoms with E-state index in [-0.39, 0.29) is 11.8 Å². The summed E-state index contributed by atoms with van der Waals surface area (Å²) in [6.45, 7) is 8.31. The monoisotopic (exact) mass is 410 g/mol. The lowest BCUT2D eigenvalue weighted by atomic mass is 10.2. The molecule has 2 amide bonds. The van der Waals surface area contributed by atoms with Gasteiger partial charge in [-0.1, -0.05) is 19.9 Å². The average molecular weight is 410 g/mol. The zero-order valence-electron chi connectivity index (χ0n) is 17.4. The van der Waals surface area contributed by atoms with E-state index in [0.29, 0.717) is 43.4 Å². The Morgan fingerprint density at radius 1 is 1.17 bits per heavy atom. The van der Waals surface area contributed by atoms with Crippen LogP contribution in [0.5, 0.6) is 0 Å². The van der Waals surface area contributed by atoms with E-state index < -0.39 is 0 Å². The Kier molecular flexibility index (Phi) is 5.94. The average Bonchev–Trinajstić information content (AvgIpc) is 3.10. The first-order valence-corrected chi connectivity index (χ1v) is 10.3. The van der Waals surface area contributed by atoms with Gasteiger partial charge in [-0.3, -0.25) is 9.47 Å². The van der Waals surface area contributed by atoms with Gasteiger partial charge in [0.1, 0.15) is 17.2 Å². The maximum atomic E-state index is 13.9. The van der Waals surface area contributed by atoms with Gasteiger partial charge in [0.05, 0.1) is 12.2 Å². The molecule has 0 spiro atoms. The molecule has 8 heteroatoms. The van der Waals surface area contributed by atoms with Crippen LogP contribution < -0.4 is 5.32 Å². The zero-order chi connectivity index (χ0) is 21.1. The number of pyridine rings is 1. The first-order valence-electron chi connectivity index (χ1n) is 10.3. The molecule has 30 heavy (non-hydrogen) atoms. The molecule has 1 saturated heterocycles. The van der Waals surface area contributed by atoms with Gasteiger partial charge >= 0.3 is 6.03 Å². The molecule has 1 N–H and O–H groups in total. The number of halogens is 1. The third-order valence-corrected chi connectivity index (χ3v) is 5.24. The summed E-state index contributed by atoms with van der Waals surface area (Å²) >= 11 is 0. The number of carbonyl (C=O) groups excluding carboxylic acids is 1. The molecule has 1 aromatic carbocycles. The van der Waals surface area contributed by atoms with Crippen LogP contribution in [-0.4, -0.2) is 63.1 Å². The van der Waals surface area contributed by atoms with Crippen molar-refractivity contribution in [3.8, 4) is 5.69 Å². The second-order valence-corrected chi connectivity index (χ2v) is 8.03. The lowest BCUT2D eigenvalue weighted by molar-refractivity contribution is 0.133. The molecule has 0 aliphatic carbocycles. The lowest BCUT2D eigenvalue weighted by Gasteiger charge is -2.34. The van der Waals surface area contributed by atoms with Gasteiger partial charge in [-0.05, 0) is 36.2 Å². The van der Waals surface area contributed by atoms with Crippen LogP contribution in [0.25, 0.3) is 16.9 Å². The minimum Gasteiger partial charge on any atom is -0.338 e. The van der Waals surface area contributed by atoms with Gasteiger partial charge in [-0.2, -0.15) is 0 Å². The van der Waals surface area contributed by atoms with Gasteiger partial charge < -0.3 is 10.2 Å². The molecule has 0 bridgehead atoms. The van der Waals surface area contributed by atoms with E-state index in [2.05, 4.69) is 29.0 Å². The number of piperazine rings is 1. The first kappa shape index (κ1) is 20.3. The molecule has 4 rings (SSSR count). The Balaban J connectivity index is 1.50. The van der Waals surface area contributed by atoms with E-state index in [1.807, 2.05) is 27.7 Å². The number of carbonyl (C=O) groups is 1. The highest BCUT2D eigenvalue weighted by Crippen LogP contribution is 2.22. The maximum absolute atomic E-state index is 13.9. The van der Waals surface area contributed by atoms with Crippen molar-refractivity contribution in [2.45, 2.75) is 20.4 Å². The molecule has 0 radical (unpaired) electrons. The zero-order valence-corrected chi connectivity index (χ0v) is 17.4. The molecule has 3 heterocycles. The normalized spacial score (nSPS) is 15.1. The van der Waals surface area contributed by atoms with Crippen LogP contribution >= 0.6 is 0 Å². The molecule has 1 aliphatic rings. The number of fused-ring (bicyclic) bond motifs is 1. The third-order valence-electron chi connectivity index (χ3n) is 5.24. The number of rotatable bonds is 5. The summed E-state index contributed by atoms with van der Waals surface area (Å²) in [6.07, 6.45) is 1.72. The van der Waals surface area contributed by atoms with Gasteiger partial charge in [0.2, 0.25) is 0 Å². The largest absolute Gasteiger partial charge is 0.338 e. The number of hydrogen-bond donors (Lipinski definition) is 1. The van der Waals surface area contributed by atoms with Crippen molar-refractivity contribution < 1.29 is 9.18 Å². The number of nitrogens with zero attached hydrogens (tertiary/aromatic N) is 5. The smallest absolute Gasteiger partial charge is 0.317 e. The van der Waals surface area contributed by atoms with Crippen molar-refractivity contribution in [2.75, 3.05) is 32.7 Å². The van der Waals surface area contributed by atoms with Crippen molar-refractivity contribution in [1.82, 2.24) is 29.7 Å². The van der Waals surface area contributed by atoms with Crippen LogP contribution in [0.3, 0.4) is 0 Å². The number of benzene rings is 1. The van der Waals surface area contributed by atoms with E-state index in [0.717, 1.165) is 24.4 Å². The van der Waals surface area contributed by atoms with E-state index in [1.54, 1.807) is 12.3 Å². The molecule has 1 aliphatic heterocycles. The molecule has 3 aromatic rings. The highest BCUT2D eigenvalue weighted by molar-refractivity contribution is 5.74. The predicted molar refractivity (Wildman–Crippen MR) is 114 cm³/mol. The van der Waals surface area contributed by atoms with Crippen LogP contribution in [0, 0.1) is 11.7 Å². The SMILES string of the molecule is CC(C)CNC(=O)N1CCN(Cc2nc3cccnc3n2-c2cccc(F)c2)CC1. The molecule has 158 valence electrons. The maximum Gasteiger partial charge on any atom is 0.317 e. The Hall–Kier alpha value is -3.00. The van der Waals surface area contributed by atoms with Crippen molar-refractivity contribution >= 4 is 17.2 Å².